The zero-order valence-electron chi connectivity index (χ0n) is 12.1. The number of esters is 1. The van der Waals surface area contributed by atoms with Crippen LogP contribution >= 0.6 is 11.3 Å². The monoisotopic (exact) mass is 282 g/mol. The Bertz CT molecular complexity index is 482. The maximum Gasteiger partial charge on any atom is 0.350 e. The second kappa shape index (κ2) is 4.87. The minimum Gasteiger partial charge on any atom is -0.465 e. The molecule has 1 aliphatic rings. The quantitative estimate of drug-likeness (QED) is 0.847. The highest BCUT2D eigenvalue weighted by Crippen LogP contribution is 2.41. The second-order valence-corrected chi connectivity index (χ2v) is 7.30. The van der Waals surface area contributed by atoms with Gasteiger partial charge in [-0.25, -0.2) is 9.78 Å². The molecule has 1 fully saturated rings. The van der Waals surface area contributed by atoms with E-state index >= 15 is 0 Å². The maximum atomic E-state index is 11.9. The van der Waals surface area contributed by atoms with Gasteiger partial charge < -0.3 is 10.5 Å². The van der Waals surface area contributed by atoms with Gasteiger partial charge in [0.25, 0.3) is 0 Å². The Morgan fingerprint density at radius 1 is 1.37 bits per heavy atom. The zero-order chi connectivity index (χ0) is 14.3. The van der Waals surface area contributed by atoms with Gasteiger partial charge >= 0.3 is 5.97 Å². The summed E-state index contributed by atoms with van der Waals surface area (Å²) in [6.45, 7) is 6.16. The maximum absolute atomic E-state index is 11.9. The van der Waals surface area contributed by atoms with Crippen LogP contribution < -0.4 is 5.73 Å². The molecule has 2 rings (SSSR count). The largest absolute Gasteiger partial charge is 0.465 e. The molecule has 0 saturated heterocycles. The van der Waals surface area contributed by atoms with Gasteiger partial charge in [-0.2, -0.15) is 0 Å². The van der Waals surface area contributed by atoms with Crippen molar-refractivity contribution in [2.45, 2.75) is 57.4 Å². The van der Waals surface area contributed by atoms with Gasteiger partial charge in [-0.1, -0.05) is 33.6 Å². The van der Waals surface area contributed by atoms with Crippen molar-refractivity contribution in [1.82, 2.24) is 4.98 Å². The number of hydrogen-bond donors (Lipinski definition) is 1. The molecule has 1 aliphatic carbocycles. The number of rotatable bonds is 2. The van der Waals surface area contributed by atoms with Crippen molar-refractivity contribution < 1.29 is 9.53 Å². The molecule has 0 amide bonds. The van der Waals surface area contributed by atoms with E-state index in [1.54, 1.807) is 0 Å². The summed E-state index contributed by atoms with van der Waals surface area (Å²) in [7, 11) is 1.40. The first-order valence-electron chi connectivity index (χ1n) is 6.67. The number of nitrogens with two attached hydrogens (primary N) is 1. The van der Waals surface area contributed by atoms with E-state index in [1.807, 2.05) is 0 Å². The number of aromatic nitrogens is 1. The summed E-state index contributed by atoms with van der Waals surface area (Å²) in [6.07, 6.45) is 4.17. The molecule has 1 aromatic heterocycles. The van der Waals surface area contributed by atoms with E-state index in [4.69, 9.17) is 15.5 Å². The third-order valence-corrected chi connectivity index (χ3v) is 4.89. The Labute approximate surface area is 118 Å². The zero-order valence-corrected chi connectivity index (χ0v) is 12.9. The van der Waals surface area contributed by atoms with Crippen LogP contribution in [0, 0.1) is 0 Å². The first-order chi connectivity index (χ1) is 8.78. The van der Waals surface area contributed by atoms with E-state index in [2.05, 4.69) is 20.8 Å². The number of ether oxygens (including phenoxy) is 1. The summed E-state index contributed by atoms with van der Waals surface area (Å²) >= 11 is 1.40. The number of carbonyl (C=O) groups excluding carboxylic acids is 1. The van der Waals surface area contributed by atoms with Crippen molar-refractivity contribution in [1.29, 1.82) is 0 Å². The molecule has 0 radical (unpaired) electrons. The van der Waals surface area contributed by atoms with Crippen LogP contribution in [0.1, 0.15) is 66.8 Å². The first kappa shape index (κ1) is 14.5. The lowest BCUT2D eigenvalue weighted by Gasteiger charge is -2.21. The van der Waals surface area contributed by atoms with Crippen molar-refractivity contribution in [3.05, 3.63) is 15.6 Å². The molecule has 5 heteroatoms. The molecule has 0 bridgehead atoms. The van der Waals surface area contributed by atoms with Gasteiger partial charge in [0.2, 0.25) is 0 Å². The smallest absolute Gasteiger partial charge is 0.350 e. The SMILES string of the molecule is COC(=O)c1sc(C2(N)CCCC2)nc1C(C)(C)C. The molecule has 1 heterocycles. The fraction of sp³-hybridized carbons (Fsp3) is 0.714. The van der Waals surface area contributed by atoms with E-state index in [0.29, 0.717) is 4.88 Å². The number of hydrogen-bond acceptors (Lipinski definition) is 5. The van der Waals surface area contributed by atoms with E-state index < -0.39 is 0 Å². The molecule has 1 saturated carbocycles. The average Bonchev–Trinajstić information content (AvgIpc) is 2.94. The van der Waals surface area contributed by atoms with Gasteiger partial charge in [0.15, 0.2) is 0 Å². The van der Waals surface area contributed by atoms with Gasteiger partial charge in [-0.3, -0.25) is 0 Å². The van der Waals surface area contributed by atoms with Crippen LogP contribution in [-0.2, 0) is 15.7 Å². The molecule has 4 nitrogen and oxygen atoms in total. The van der Waals surface area contributed by atoms with Crippen LogP contribution in [0.25, 0.3) is 0 Å². The lowest BCUT2D eigenvalue weighted by molar-refractivity contribution is 0.0603. The fourth-order valence-electron chi connectivity index (χ4n) is 2.49. The van der Waals surface area contributed by atoms with Crippen molar-refractivity contribution >= 4 is 17.3 Å². The Kier molecular flexibility index (Phi) is 3.71. The molecule has 0 unspecified atom stereocenters. The summed E-state index contributed by atoms with van der Waals surface area (Å²) in [5.41, 5.74) is 6.71. The summed E-state index contributed by atoms with van der Waals surface area (Å²) in [5, 5.41) is 0.885. The van der Waals surface area contributed by atoms with Crippen LogP contribution in [0.4, 0.5) is 0 Å². The van der Waals surface area contributed by atoms with E-state index in [1.165, 1.54) is 18.4 Å². The molecule has 0 atom stereocenters. The molecule has 106 valence electrons. The average molecular weight is 282 g/mol. The number of nitrogens with zero attached hydrogens (tertiary/aromatic N) is 1. The standard InChI is InChI=1S/C14H22N2O2S/c1-13(2,3)10-9(11(17)18-4)19-12(16-10)14(15)7-5-6-8-14/h5-8,15H2,1-4H3. The van der Waals surface area contributed by atoms with Crippen molar-refractivity contribution in [3.63, 3.8) is 0 Å². The van der Waals surface area contributed by atoms with Crippen LogP contribution in [0.3, 0.4) is 0 Å². The molecular weight excluding hydrogens is 260 g/mol. The minimum atomic E-state index is -0.350. The first-order valence-corrected chi connectivity index (χ1v) is 7.48. The third kappa shape index (κ3) is 2.67. The molecule has 19 heavy (non-hydrogen) atoms. The van der Waals surface area contributed by atoms with E-state index in [0.717, 1.165) is 36.4 Å². The summed E-state index contributed by atoms with van der Waals surface area (Å²) in [6, 6.07) is 0. The third-order valence-electron chi connectivity index (χ3n) is 3.63. The van der Waals surface area contributed by atoms with Crippen LogP contribution in [-0.4, -0.2) is 18.1 Å². The van der Waals surface area contributed by atoms with Gasteiger partial charge in [0, 0.05) is 5.41 Å². The topological polar surface area (TPSA) is 65.2 Å². The number of thiazole rings is 1. The molecule has 1 aromatic rings. The Morgan fingerprint density at radius 3 is 2.42 bits per heavy atom. The molecule has 2 N–H and O–H groups in total. The van der Waals surface area contributed by atoms with Crippen LogP contribution in [0.2, 0.25) is 0 Å². The number of methoxy groups -OCH3 is 1. The Morgan fingerprint density at radius 2 is 1.95 bits per heavy atom. The van der Waals surface area contributed by atoms with Crippen molar-refractivity contribution in [2.75, 3.05) is 7.11 Å². The molecule has 0 aliphatic heterocycles. The lowest BCUT2D eigenvalue weighted by Crippen LogP contribution is -2.33. The molecule has 0 aromatic carbocycles. The van der Waals surface area contributed by atoms with Gasteiger partial charge in [-0.15, -0.1) is 11.3 Å². The summed E-state index contributed by atoms with van der Waals surface area (Å²) < 4.78 is 4.87. The summed E-state index contributed by atoms with van der Waals surface area (Å²) in [5.74, 6) is -0.310. The lowest BCUT2D eigenvalue weighted by atomic mass is 9.91. The van der Waals surface area contributed by atoms with Gasteiger partial charge in [-0.05, 0) is 12.8 Å². The summed E-state index contributed by atoms with van der Waals surface area (Å²) in [4.78, 5) is 17.2. The highest BCUT2D eigenvalue weighted by Gasteiger charge is 2.37. The highest BCUT2D eigenvalue weighted by molar-refractivity contribution is 7.13. The highest BCUT2D eigenvalue weighted by atomic mass is 32.1. The van der Waals surface area contributed by atoms with Crippen molar-refractivity contribution in [2.24, 2.45) is 5.73 Å². The van der Waals surface area contributed by atoms with Crippen LogP contribution in [0.5, 0.6) is 0 Å². The predicted molar refractivity (Wildman–Crippen MR) is 76.5 cm³/mol. The molecular formula is C14H22N2O2S. The minimum absolute atomic E-state index is 0.187. The number of carbonyl (C=O) groups is 1. The van der Waals surface area contributed by atoms with Crippen molar-refractivity contribution in [3.8, 4) is 0 Å². The predicted octanol–water partition coefficient (Wildman–Crippen LogP) is 2.96. The second-order valence-electron chi connectivity index (χ2n) is 6.30. The Hall–Kier alpha value is -0.940. The van der Waals surface area contributed by atoms with E-state index in [-0.39, 0.29) is 16.9 Å². The van der Waals surface area contributed by atoms with Gasteiger partial charge in [0.05, 0.1) is 18.3 Å². The molecule has 0 spiro atoms. The van der Waals surface area contributed by atoms with Crippen LogP contribution in [0.15, 0.2) is 0 Å². The normalized spacial score (nSPS) is 18.6. The fourth-order valence-corrected chi connectivity index (χ4v) is 3.85. The van der Waals surface area contributed by atoms with Gasteiger partial charge in [0.1, 0.15) is 9.88 Å². The Balaban J connectivity index is 2.48. The van der Waals surface area contributed by atoms with E-state index in [9.17, 15) is 4.79 Å².